The summed E-state index contributed by atoms with van der Waals surface area (Å²) in [5.41, 5.74) is 1.03. The van der Waals surface area contributed by atoms with Gasteiger partial charge in [0.05, 0.1) is 18.6 Å². The van der Waals surface area contributed by atoms with Gasteiger partial charge in [-0.05, 0) is 53.2 Å². The number of imide groups is 1. The number of ether oxygens (including phenoxy) is 1. The minimum absolute atomic E-state index is 0.0544. The van der Waals surface area contributed by atoms with Gasteiger partial charge < -0.3 is 9.84 Å². The molecule has 1 heterocycles. The minimum Gasteiger partial charge on any atom is -0.504 e. The highest BCUT2D eigenvalue weighted by atomic mass is 79.9. The quantitative estimate of drug-likeness (QED) is 0.620. The summed E-state index contributed by atoms with van der Waals surface area (Å²) >= 11 is 10.1. The maximum absolute atomic E-state index is 13.2. The molecule has 0 aromatic heterocycles. The van der Waals surface area contributed by atoms with Crippen molar-refractivity contribution in [1.29, 1.82) is 0 Å². The van der Waals surface area contributed by atoms with Gasteiger partial charge in [0, 0.05) is 9.50 Å². The second-order valence-electron chi connectivity index (χ2n) is 5.55. The summed E-state index contributed by atoms with van der Waals surface area (Å²) in [6.45, 7) is -0.0544. The number of hydrogen-bond acceptors (Lipinski definition) is 5. The molecule has 9 heteroatoms. The Kier molecular flexibility index (Phi) is 5.78. The van der Waals surface area contributed by atoms with Crippen LogP contribution in [-0.2, 0) is 11.3 Å². The average Bonchev–Trinajstić information content (AvgIpc) is 2.87. The fourth-order valence-electron chi connectivity index (χ4n) is 2.43. The zero-order valence-corrected chi connectivity index (χ0v) is 17.0. The van der Waals surface area contributed by atoms with Crippen LogP contribution in [0.2, 0.25) is 5.02 Å². The van der Waals surface area contributed by atoms with Gasteiger partial charge >= 0.3 is 0 Å². The van der Waals surface area contributed by atoms with E-state index < -0.39 is 17.0 Å². The first-order valence-electron chi connectivity index (χ1n) is 7.56. The molecule has 0 spiro atoms. The van der Waals surface area contributed by atoms with E-state index in [1.807, 2.05) is 0 Å². The lowest BCUT2D eigenvalue weighted by Gasteiger charge is -2.13. The van der Waals surface area contributed by atoms with Gasteiger partial charge in [-0.3, -0.25) is 14.5 Å². The second kappa shape index (κ2) is 7.92. The third kappa shape index (κ3) is 4.12. The van der Waals surface area contributed by atoms with Crippen LogP contribution in [0.15, 0.2) is 39.7 Å². The van der Waals surface area contributed by atoms with Crippen molar-refractivity contribution in [2.75, 3.05) is 7.11 Å². The molecule has 0 saturated carbocycles. The van der Waals surface area contributed by atoms with Gasteiger partial charge in [0.25, 0.3) is 11.1 Å². The number of nitrogens with zero attached hydrogens (tertiary/aromatic N) is 1. The Morgan fingerprint density at radius 1 is 1.33 bits per heavy atom. The lowest BCUT2D eigenvalue weighted by molar-refractivity contribution is -0.123. The van der Waals surface area contributed by atoms with Crippen LogP contribution in [0.5, 0.6) is 11.5 Å². The van der Waals surface area contributed by atoms with Gasteiger partial charge in [-0.1, -0.05) is 33.6 Å². The maximum atomic E-state index is 13.2. The molecule has 1 fully saturated rings. The molecule has 1 N–H and O–H groups in total. The van der Waals surface area contributed by atoms with E-state index in [1.54, 1.807) is 6.07 Å². The fourth-order valence-corrected chi connectivity index (χ4v) is 3.93. The topological polar surface area (TPSA) is 66.8 Å². The first-order valence-corrected chi connectivity index (χ1v) is 9.54. The third-order valence-corrected chi connectivity index (χ3v) is 5.75. The molecule has 0 unspecified atom stereocenters. The molecule has 0 aliphatic carbocycles. The minimum atomic E-state index is -0.496. The standard InChI is InChI=1S/C18H12BrClFNO4S/c1-26-15-4-10(12(19)7-14(15)23)5-16-17(24)22(18(25)27-16)8-9-2-3-11(21)6-13(9)20/h2-7,23H,8H2,1H3/b16-5-. The average molecular weight is 473 g/mol. The number of thioether (sulfide) groups is 1. The summed E-state index contributed by atoms with van der Waals surface area (Å²) in [7, 11) is 1.41. The predicted molar refractivity (Wildman–Crippen MR) is 105 cm³/mol. The number of rotatable bonds is 4. The smallest absolute Gasteiger partial charge is 0.293 e. The number of carbonyl (C=O) groups excluding carboxylic acids is 2. The molecule has 0 radical (unpaired) electrons. The summed E-state index contributed by atoms with van der Waals surface area (Å²) in [5.74, 6) is -0.796. The first-order chi connectivity index (χ1) is 12.8. The molecule has 27 heavy (non-hydrogen) atoms. The number of carbonyl (C=O) groups is 2. The number of aromatic hydroxyl groups is 1. The lowest BCUT2D eigenvalue weighted by Crippen LogP contribution is -2.27. The molecule has 1 saturated heterocycles. The second-order valence-corrected chi connectivity index (χ2v) is 7.80. The molecule has 1 aliphatic rings. The molecule has 2 aromatic carbocycles. The molecule has 140 valence electrons. The number of halogens is 3. The van der Waals surface area contributed by atoms with E-state index >= 15 is 0 Å². The van der Waals surface area contributed by atoms with Crippen LogP contribution in [-0.4, -0.2) is 28.3 Å². The molecule has 0 atom stereocenters. The molecule has 5 nitrogen and oxygen atoms in total. The van der Waals surface area contributed by atoms with Crippen molar-refractivity contribution >= 4 is 56.5 Å². The number of methoxy groups -OCH3 is 1. The zero-order chi connectivity index (χ0) is 19.7. The van der Waals surface area contributed by atoms with Gasteiger partial charge in [-0.25, -0.2) is 4.39 Å². The number of hydrogen-bond donors (Lipinski definition) is 1. The lowest BCUT2D eigenvalue weighted by atomic mass is 10.1. The molecule has 3 rings (SSSR count). The van der Waals surface area contributed by atoms with E-state index in [0.29, 0.717) is 15.6 Å². The Labute approximate surface area is 171 Å². The SMILES string of the molecule is COc1cc(/C=C2\SC(=O)N(Cc3ccc(F)cc3Cl)C2=O)c(Br)cc1O. The maximum Gasteiger partial charge on any atom is 0.293 e. The van der Waals surface area contributed by atoms with Gasteiger partial charge in [-0.15, -0.1) is 0 Å². The molecular weight excluding hydrogens is 461 g/mol. The normalized spacial score (nSPS) is 15.7. The largest absolute Gasteiger partial charge is 0.504 e. The first kappa shape index (κ1) is 19.7. The van der Waals surface area contributed by atoms with Crippen molar-refractivity contribution in [3.8, 4) is 11.5 Å². The van der Waals surface area contributed by atoms with Gasteiger partial charge in [0.2, 0.25) is 0 Å². The van der Waals surface area contributed by atoms with Crippen molar-refractivity contribution in [2.45, 2.75) is 6.54 Å². The summed E-state index contributed by atoms with van der Waals surface area (Å²) in [6.07, 6.45) is 1.53. The fraction of sp³-hybridized carbons (Fsp3) is 0.111. The van der Waals surface area contributed by atoms with Crippen molar-refractivity contribution in [3.63, 3.8) is 0 Å². The van der Waals surface area contributed by atoms with E-state index in [0.717, 1.165) is 22.7 Å². The van der Waals surface area contributed by atoms with E-state index in [4.69, 9.17) is 16.3 Å². The van der Waals surface area contributed by atoms with Gasteiger partial charge in [-0.2, -0.15) is 0 Å². The number of benzene rings is 2. The summed E-state index contributed by atoms with van der Waals surface area (Å²) in [5, 5.41) is 9.47. The van der Waals surface area contributed by atoms with Crippen molar-refractivity contribution in [1.82, 2.24) is 4.90 Å². The molecule has 2 amide bonds. The van der Waals surface area contributed by atoms with Crippen LogP contribution in [0.4, 0.5) is 9.18 Å². The third-order valence-electron chi connectivity index (χ3n) is 3.80. The van der Waals surface area contributed by atoms with Crippen molar-refractivity contribution in [3.05, 3.63) is 61.7 Å². The molecular formula is C18H12BrClFNO4S. The summed E-state index contributed by atoms with van der Waals surface area (Å²) in [6, 6.07) is 6.77. The van der Waals surface area contributed by atoms with Crippen molar-refractivity contribution < 1.29 is 23.8 Å². The highest BCUT2D eigenvalue weighted by molar-refractivity contribution is 9.10. The number of phenols is 1. The van der Waals surface area contributed by atoms with Crippen LogP contribution in [0, 0.1) is 5.82 Å². The highest BCUT2D eigenvalue weighted by Crippen LogP contribution is 2.38. The Morgan fingerprint density at radius 3 is 2.74 bits per heavy atom. The van der Waals surface area contributed by atoms with Crippen LogP contribution in [0.25, 0.3) is 6.08 Å². The summed E-state index contributed by atoms with van der Waals surface area (Å²) < 4.78 is 18.8. The molecule has 2 aromatic rings. The predicted octanol–water partition coefficient (Wildman–Crippen LogP) is 5.19. The van der Waals surface area contributed by atoms with E-state index in [2.05, 4.69) is 15.9 Å². The van der Waals surface area contributed by atoms with Crippen LogP contribution >= 0.6 is 39.3 Å². The Morgan fingerprint density at radius 2 is 2.07 bits per heavy atom. The van der Waals surface area contributed by atoms with E-state index in [1.165, 1.54) is 31.4 Å². The van der Waals surface area contributed by atoms with Crippen LogP contribution in [0.1, 0.15) is 11.1 Å². The Hall–Kier alpha value is -2.03. The Balaban J connectivity index is 1.89. The van der Waals surface area contributed by atoms with Crippen LogP contribution < -0.4 is 4.74 Å². The van der Waals surface area contributed by atoms with E-state index in [9.17, 15) is 19.1 Å². The van der Waals surface area contributed by atoms with E-state index in [-0.39, 0.29) is 28.0 Å². The molecule has 1 aliphatic heterocycles. The monoisotopic (exact) mass is 471 g/mol. The number of amides is 2. The number of phenolic OH excluding ortho intramolecular Hbond substituents is 1. The van der Waals surface area contributed by atoms with Crippen molar-refractivity contribution in [2.24, 2.45) is 0 Å². The van der Waals surface area contributed by atoms with Gasteiger partial charge in [0.1, 0.15) is 5.82 Å². The summed E-state index contributed by atoms with van der Waals surface area (Å²) in [4.78, 5) is 26.2. The zero-order valence-electron chi connectivity index (χ0n) is 13.8. The van der Waals surface area contributed by atoms with Crippen LogP contribution in [0.3, 0.4) is 0 Å². The highest BCUT2D eigenvalue weighted by Gasteiger charge is 2.35. The Bertz CT molecular complexity index is 982. The molecule has 0 bridgehead atoms. The van der Waals surface area contributed by atoms with Gasteiger partial charge in [0.15, 0.2) is 11.5 Å².